The van der Waals surface area contributed by atoms with Crippen LogP contribution in [0.3, 0.4) is 0 Å². The highest BCUT2D eigenvalue weighted by Crippen LogP contribution is 2.17. The summed E-state index contributed by atoms with van der Waals surface area (Å²) in [6, 6.07) is 6.62. The first-order valence-corrected chi connectivity index (χ1v) is 7.81. The number of aryl methyl sites for hydroxylation is 1. The molecule has 4 heteroatoms. The Kier molecular flexibility index (Phi) is 5.82. The van der Waals surface area contributed by atoms with Gasteiger partial charge in [0.25, 0.3) is 0 Å². The van der Waals surface area contributed by atoms with Crippen molar-refractivity contribution in [1.82, 2.24) is 15.1 Å². The van der Waals surface area contributed by atoms with Crippen LogP contribution in [0.1, 0.15) is 11.1 Å². The van der Waals surface area contributed by atoms with Crippen LogP contribution in [0.15, 0.2) is 22.7 Å². The smallest absolute Gasteiger partial charge is 0.0231 e. The molecule has 2 rings (SSSR count). The van der Waals surface area contributed by atoms with Gasteiger partial charge >= 0.3 is 0 Å². The lowest BCUT2D eigenvalue weighted by molar-refractivity contribution is 0.202. The number of benzene rings is 1. The van der Waals surface area contributed by atoms with Gasteiger partial charge in [0.15, 0.2) is 0 Å². The molecular formula is C15H24BrN3. The number of nitrogens with zero attached hydrogens (tertiary/aromatic N) is 2. The van der Waals surface area contributed by atoms with Crippen molar-refractivity contribution < 1.29 is 0 Å². The number of hydrogen-bond donors (Lipinski definition) is 1. The zero-order chi connectivity index (χ0) is 13.7. The van der Waals surface area contributed by atoms with Gasteiger partial charge in [-0.15, -0.1) is 0 Å². The van der Waals surface area contributed by atoms with Crippen LogP contribution < -0.4 is 5.32 Å². The fraction of sp³-hybridized carbons (Fsp3) is 0.600. The molecule has 0 unspecified atom stereocenters. The summed E-state index contributed by atoms with van der Waals surface area (Å²) in [5.74, 6) is 0. The average Bonchev–Trinajstić information content (AvgIpc) is 2.42. The first-order chi connectivity index (χ1) is 9.15. The summed E-state index contributed by atoms with van der Waals surface area (Å²) in [6.45, 7) is 10.1. The molecule has 19 heavy (non-hydrogen) atoms. The summed E-state index contributed by atoms with van der Waals surface area (Å²) in [7, 11) is 2.21. The van der Waals surface area contributed by atoms with Gasteiger partial charge in [-0.3, -0.25) is 4.90 Å². The van der Waals surface area contributed by atoms with Gasteiger partial charge in [-0.25, -0.2) is 0 Å². The van der Waals surface area contributed by atoms with Crippen molar-refractivity contribution in [2.45, 2.75) is 13.5 Å². The molecule has 106 valence electrons. The van der Waals surface area contributed by atoms with E-state index in [1.54, 1.807) is 0 Å². The molecule has 1 aliphatic rings. The van der Waals surface area contributed by atoms with Gasteiger partial charge in [-0.2, -0.15) is 0 Å². The van der Waals surface area contributed by atoms with E-state index in [9.17, 15) is 0 Å². The predicted molar refractivity (Wildman–Crippen MR) is 84.5 cm³/mol. The Hall–Kier alpha value is -0.420. The molecule has 1 aliphatic heterocycles. The molecule has 1 heterocycles. The largest absolute Gasteiger partial charge is 0.314 e. The molecule has 0 aliphatic carbocycles. The van der Waals surface area contributed by atoms with Gasteiger partial charge in [0.05, 0.1) is 0 Å². The molecular weight excluding hydrogens is 302 g/mol. The maximum Gasteiger partial charge on any atom is 0.0231 e. The summed E-state index contributed by atoms with van der Waals surface area (Å²) in [5, 5.41) is 3.39. The molecule has 1 N–H and O–H groups in total. The molecule has 0 spiro atoms. The van der Waals surface area contributed by atoms with E-state index in [1.165, 1.54) is 35.2 Å². The molecule has 1 aromatic carbocycles. The molecule has 0 amide bonds. The van der Waals surface area contributed by atoms with Crippen LogP contribution in [0.4, 0.5) is 0 Å². The fourth-order valence-electron chi connectivity index (χ4n) is 2.44. The zero-order valence-corrected chi connectivity index (χ0v) is 13.5. The standard InChI is InChI=1S/C15H24BrN3/c1-13-11-14(3-4-15(13)16)12-18(2)9-10-19-7-5-17-6-8-19/h3-4,11,17H,5-10,12H2,1-2H3. The minimum Gasteiger partial charge on any atom is -0.314 e. The molecule has 3 nitrogen and oxygen atoms in total. The third-order valence-electron chi connectivity index (χ3n) is 3.68. The predicted octanol–water partition coefficient (Wildman–Crippen LogP) is 2.09. The molecule has 0 radical (unpaired) electrons. The lowest BCUT2D eigenvalue weighted by Crippen LogP contribution is -2.45. The maximum absolute atomic E-state index is 3.55. The first kappa shape index (κ1) is 15.0. The summed E-state index contributed by atoms with van der Waals surface area (Å²) < 4.78 is 1.19. The molecule has 0 saturated carbocycles. The number of likely N-dealkylation sites (N-methyl/N-ethyl adjacent to an activating group) is 1. The van der Waals surface area contributed by atoms with E-state index in [0.717, 1.165) is 26.2 Å². The minimum atomic E-state index is 1.03. The van der Waals surface area contributed by atoms with E-state index in [4.69, 9.17) is 0 Å². The van der Waals surface area contributed by atoms with E-state index < -0.39 is 0 Å². The molecule has 0 atom stereocenters. The Balaban J connectivity index is 1.76. The van der Waals surface area contributed by atoms with Crippen LogP contribution in [0.25, 0.3) is 0 Å². The van der Waals surface area contributed by atoms with E-state index in [1.807, 2.05) is 0 Å². The lowest BCUT2D eigenvalue weighted by atomic mass is 10.1. The fourth-order valence-corrected chi connectivity index (χ4v) is 2.69. The van der Waals surface area contributed by atoms with Gasteiger partial charge in [0.2, 0.25) is 0 Å². The molecule has 1 aromatic rings. The Morgan fingerprint density at radius 2 is 2.05 bits per heavy atom. The molecule has 1 saturated heterocycles. The number of rotatable bonds is 5. The van der Waals surface area contributed by atoms with Crippen LogP contribution in [0, 0.1) is 6.92 Å². The third kappa shape index (κ3) is 4.88. The summed E-state index contributed by atoms with van der Waals surface area (Å²) in [4.78, 5) is 4.95. The van der Waals surface area contributed by atoms with Crippen molar-refractivity contribution in [1.29, 1.82) is 0 Å². The lowest BCUT2D eigenvalue weighted by Gasteiger charge is -2.29. The normalized spacial score (nSPS) is 17.1. The van der Waals surface area contributed by atoms with Gasteiger partial charge in [-0.05, 0) is 31.2 Å². The number of hydrogen-bond acceptors (Lipinski definition) is 3. The third-order valence-corrected chi connectivity index (χ3v) is 4.57. The van der Waals surface area contributed by atoms with E-state index in [-0.39, 0.29) is 0 Å². The molecule has 0 bridgehead atoms. The summed E-state index contributed by atoms with van der Waals surface area (Å²) in [5.41, 5.74) is 2.71. The summed E-state index contributed by atoms with van der Waals surface area (Å²) in [6.07, 6.45) is 0. The second-order valence-electron chi connectivity index (χ2n) is 5.41. The second-order valence-corrected chi connectivity index (χ2v) is 6.27. The Morgan fingerprint density at radius 3 is 2.74 bits per heavy atom. The van der Waals surface area contributed by atoms with Crippen LogP contribution in [0.2, 0.25) is 0 Å². The highest BCUT2D eigenvalue weighted by Gasteiger charge is 2.10. The van der Waals surface area contributed by atoms with Crippen LogP contribution in [0.5, 0.6) is 0 Å². The van der Waals surface area contributed by atoms with Gasteiger partial charge in [-0.1, -0.05) is 28.1 Å². The quantitative estimate of drug-likeness (QED) is 0.894. The van der Waals surface area contributed by atoms with Crippen molar-refractivity contribution >= 4 is 15.9 Å². The maximum atomic E-state index is 3.55. The van der Waals surface area contributed by atoms with Crippen molar-refractivity contribution in [3.05, 3.63) is 33.8 Å². The van der Waals surface area contributed by atoms with Gasteiger partial charge < -0.3 is 10.2 Å². The Bertz CT molecular complexity index is 402. The highest BCUT2D eigenvalue weighted by molar-refractivity contribution is 9.10. The topological polar surface area (TPSA) is 18.5 Å². The molecule has 1 fully saturated rings. The van der Waals surface area contributed by atoms with Gasteiger partial charge in [0, 0.05) is 50.3 Å². The van der Waals surface area contributed by atoms with Crippen molar-refractivity contribution in [3.63, 3.8) is 0 Å². The highest BCUT2D eigenvalue weighted by atomic mass is 79.9. The Morgan fingerprint density at radius 1 is 1.32 bits per heavy atom. The number of halogens is 1. The van der Waals surface area contributed by atoms with E-state index in [0.29, 0.717) is 0 Å². The number of piperazine rings is 1. The monoisotopic (exact) mass is 325 g/mol. The van der Waals surface area contributed by atoms with Crippen molar-refractivity contribution in [3.8, 4) is 0 Å². The van der Waals surface area contributed by atoms with E-state index in [2.05, 4.69) is 63.2 Å². The SMILES string of the molecule is Cc1cc(CN(C)CCN2CCNCC2)ccc1Br. The van der Waals surface area contributed by atoms with Crippen LogP contribution in [-0.4, -0.2) is 56.1 Å². The first-order valence-electron chi connectivity index (χ1n) is 7.02. The molecule has 0 aromatic heterocycles. The van der Waals surface area contributed by atoms with Crippen LogP contribution >= 0.6 is 15.9 Å². The van der Waals surface area contributed by atoms with Crippen molar-refractivity contribution in [2.75, 3.05) is 46.3 Å². The van der Waals surface area contributed by atoms with Crippen LogP contribution in [-0.2, 0) is 6.54 Å². The minimum absolute atomic E-state index is 1.03. The number of nitrogens with one attached hydrogen (secondary N) is 1. The summed E-state index contributed by atoms with van der Waals surface area (Å²) >= 11 is 3.55. The van der Waals surface area contributed by atoms with Gasteiger partial charge in [0.1, 0.15) is 0 Å². The Labute approximate surface area is 125 Å². The van der Waals surface area contributed by atoms with Crippen molar-refractivity contribution in [2.24, 2.45) is 0 Å². The average molecular weight is 326 g/mol. The zero-order valence-electron chi connectivity index (χ0n) is 12.0. The second kappa shape index (κ2) is 7.39. The van der Waals surface area contributed by atoms with E-state index >= 15 is 0 Å².